The van der Waals surface area contributed by atoms with E-state index in [9.17, 15) is 17.2 Å². The highest BCUT2D eigenvalue weighted by molar-refractivity contribution is 7.89. The lowest BCUT2D eigenvalue weighted by Crippen LogP contribution is -2.21. The Bertz CT molecular complexity index is 879. The van der Waals surface area contributed by atoms with Crippen LogP contribution in [0, 0.1) is 13.8 Å². The van der Waals surface area contributed by atoms with E-state index < -0.39 is 16.6 Å². The SMILES string of the molecule is C/C(=N/NS(=O)(=O)c1cc(C)ccc1C)c1ccc(OC(F)F)cc1. The Morgan fingerprint density at radius 1 is 1.12 bits per heavy atom. The maximum absolute atomic E-state index is 12.4. The number of benzene rings is 2. The predicted octanol–water partition coefficient (Wildman–Crippen LogP) is 3.61. The van der Waals surface area contributed by atoms with Crippen LogP contribution in [0.15, 0.2) is 52.5 Å². The van der Waals surface area contributed by atoms with Gasteiger partial charge in [-0.2, -0.15) is 27.1 Å². The van der Waals surface area contributed by atoms with Crippen molar-refractivity contribution < 1.29 is 21.9 Å². The van der Waals surface area contributed by atoms with Crippen molar-refractivity contribution in [2.45, 2.75) is 32.3 Å². The number of sulfonamides is 1. The molecule has 2 aromatic rings. The fraction of sp³-hybridized carbons (Fsp3) is 0.235. The largest absolute Gasteiger partial charge is 0.435 e. The Balaban J connectivity index is 2.18. The number of ether oxygens (including phenoxy) is 1. The van der Waals surface area contributed by atoms with Gasteiger partial charge in [-0.1, -0.05) is 12.1 Å². The maximum Gasteiger partial charge on any atom is 0.387 e. The molecule has 0 fully saturated rings. The summed E-state index contributed by atoms with van der Waals surface area (Å²) in [4.78, 5) is 2.35. The summed E-state index contributed by atoms with van der Waals surface area (Å²) in [5.41, 5.74) is 2.39. The highest BCUT2D eigenvalue weighted by Crippen LogP contribution is 2.17. The van der Waals surface area contributed by atoms with Gasteiger partial charge in [0.2, 0.25) is 0 Å². The van der Waals surface area contributed by atoms with Crippen molar-refractivity contribution in [1.82, 2.24) is 4.83 Å². The van der Waals surface area contributed by atoms with Gasteiger partial charge in [0, 0.05) is 0 Å². The molecule has 0 saturated heterocycles. The first kappa shape index (κ1) is 18.9. The molecule has 8 heteroatoms. The molecule has 134 valence electrons. The summed E-state index contributed by atoms with van der Waals surface area (Å²) in [6.07, 6.45) is 0. The number of halogens is 2. The Kier molecular flexibility index (Phi) is 5.73. The predicted molar refractivity (Wildman–Crippen MR) is 91.5 cm³/mol. The van der Waals surface area contributed by atoms with Crippen LogP contribution in [0.25, 0.3) is 0 Å². The Labute approximate surface area is 145 Å². The summed E-state index contributed by atoms with van der Waals surface area (Å²) < 4.78 is 53.3. The average molecular weight is 368 g/mol. The molecule has 2 aromatic carbocycles. The van der Waals surface area contributed by atoms with E-state index in [4.69, 9.17) is 0 Å². The van der Waals surface area contributed by atoms with Gasteiger partial charge < -0.3 is 4.74 Å². The fourth-order valence-electron chi connectivity index (χ4n) is 2.12. The van der Waals surface area contributed by atoms with Crippen LogP contribution in [-0.2, 0) is 10.0 Å². The van der Waals surface area contributed by atoms with Crippen LogP contribution in [0.1, 0.15) is 23.6 Å². The topological polar surface area (TPSA) is 67.8 Å². The second-order valence-corrected chi connectivity index (χ2v) is 7.09. The number of rotatable bonds is 6. The molecular formula is C17H18F2N2O3S. The van der Waals surface area contributed by atoms with E-state index in [1.165, 1.54) is 24.3 Å². The third-order valence-corrected chi connectivity index (χ3v) is 4.81. The molecule has 0 unspecified atom stereocenters. The lowest BCUT2D eigenvalue weighted by atomic mass is 10.1. The third kappa shape index (κ3) is 4.99. The van der Waals surface area contributed by atoms with Crippen molar-refractivity contribution in [2.24, 2.45) is 5.10 Å². The van der Waals surface area contributed by atoms with E-state index in [0.29, 0.717) is 16.8 Å². The zero-order valence-electron chi connectivity index (χ0n) is 14.0. The van der Waals surface area contributed by atoms with E-state index in [2.05, 4.69) is 14.7 Å². The lowest BCUT2D eigenvalue weighted by molar-refractivity contribution is -0.0498. The first-order valence-corrected chi connectivity index (χ1v) is 8.86. The number of nitrogens with zero attached hydrogens (tertiary/aromatic N) is 1. The van der Waals surface area contributed by atoms with Gasteiger partial charge in [0.15, 0.2) is 0 Å². The molecule has 5 nitrogen and oxygen atoms in total. The van der Waals surface area contributed by atoms with E-state index in [-0.39, 0.29) is 10.6 Å². The van der Waals surface area contributed by atoms with Gasteiger partial charge in [-0.3, -0.25) is 0 Å². The standard InChI is InChI=1S/C17H18F2N2O3S/c1-11-4-5-12(2)16(10-11)25(22,23)21-20-13(3)14-6-8-15(9-7-14)24-17(18)19/h4-10,17,21H,1-3H3/b20-13-. The van der Waals surface area contributed by atoms with Crippen LogP contribution in [0.3, 0.4) is 0 Å². The Morgan fingerprint density at radius 3 is 2.36 bits per heavy atom. The monoisotopic (exact) mass is 368 g/mol. The number of nitrogens with one attached hydrogen (secondary N) is 1. The first-order chi connectivity index (χ1) is 11.7. The molecule has 0 saturated carbocycles. The molecule has 0 atom stereocenters. The third-order valence-electron chi connectivity index (χ3n) is 3.46. The van der Waals surface area contributed by atoms with Gasteiger partial charge in [-0.05, 0) is 67.8 Å². The summed E-state index contributed by atoms with van der Waals surface area (Å²) >= 11 is 0. The summed E-state index contributed by atoms with van der Waals surface area (Å²) in [6.45, 7) is 2.21. The van der Waals surface area contributed by atoms with Crippen molar-refractivity contribution in [3.63, 3.8) is 0 Å². The van der Waals surface area contributed by atoms with Crippen LogP contribution in [0.2, 0.25) is 0 Å². The Hall–Kier alpha value is -2.48. The summed E-state index contributed by atoms with van der Waals surface area (Å²) in [5.74, 6) is 0.0162. The van der Waals surface area contributed by atoms with Crippen molar-refractivity contribution in [3.05, 3.63) is 59.2 Å². The van der Waals surface area contributed by atoms with Crippen molar-refractivity contribution in [2.75, 3.05) is 0 Å². The summed E-state index contributed by atoms with van der Waals surface area (Å²) in [5, 5.41) is 3.89. The molecular weight excluding hydrogens is 350 g/mol. The van der Waals surface area contributed by atoms with Crippen molar-refractivity contribution >= 4 is 15.7 Å². The van der Waals surface area contributed by atoms with Crippen molar-refractivity contribution in [3.8, 4) is 5.75 Å². The summed E-state index contributed by atoms with van der Waals surface area (Å²) in [7, 11) is -3.80. The zero-order valence-corrected chi connectivity index (χ0v) is 14.8. The number of hydrazone groups is 1. The molecule has 0 aliphatic heterocycles. The molecule has 25 heavy (non-hydrogen) atoms. The normalized spacial score (nSPS) is 12.3. The van der Waals surface area contributed by atoms with Crippen LogP contribution in [0.4, 0.5) is 8.78 Å². The quantitative estimate of drug-likeness (QED) is 0.626. The van der Waals surface area contributed by atoms with E-state index in [1.807, 2.05) is 6.07 Å². The minimum atomic E-state index is -3.80. The second-order valence-electron chi connectivity index (χ2n) is 5.46. The molecule has 1 N–H and O–H groups in total. The van der Waals surface area contributed by atoms with Crippen molar-refractivity contribution in [1.29, 1.82) is 0 Å². The highest BCUT2D eigenvalue weighted by Gasteiger charge is 2.16. The number of hydrogen-bond acceptors (Lipinski definition) is 4. The molecule has 0 heterocycles. The number of alkyl halides is 2. The molecule has 0 aliphatic rings. The fourth-order valence-corrected chi connectivity index (χ4v) is 3.31. The van der Waals surface area contributed by atoms with E-state index in [0.717, 1.165) is 5.56 Å². The highest BCUT2D eigenvalue weighted by atomic mass is 32.2. The van der Waals surface area contributed by atoms with E-state index >= 15 is 0 Å². The molecule has 0 bridgehead atoms. The van der Waals surface area contributed by atoms with Crippen LogP contribution in [-0.4, -0.2) is 20.7 Å². The van der Waals surface area contributed by atoms with Crippen LogP contribution < -0.4 is 9.57 Å². The molecule has 0 amide bonds. The van der Waals surface area contributed by atoms with Crippen LogP contribution in [0.5, 0.6) is 5.75 Å². The van der Waals surface area contributed by atoms with Gasteiger partial charge >= 0.3 is 6.61 Å². The first-order valence-electron chi connectivity index (χ1n) is 7.37. The number of hydrogen-bond donors (Lipinski definition) is 1. The van der Waals surface area contributed by atoms with Gasteiger partial charge in [0.05, 0.1) is 10.6 Å². The average Bonchev–Trinajstić information content (AvgIpc) is 2.55. The van der Waals surface area contributed by atoms with Gasteiger partial charge in [-0.15, -0.1) is 0 Å². The second kappa shape index (κ2) is 7.60. The molecule has 2 rings (SSSR count). The smallest absolute Gasteiger partial charge is 0.387 e. The zero-order chi connectivity index (χ0) is 18.6. The molecule has 0 spiro atoms. The molecule has 0 aromatic heterocycles. The van der Waals surface area contributed by atoms with E-state index in [1.54, 1.807) is 32.9 Å². The summed E-state index contributed by atoms with van der Waals surface area (Å²) in [6, 6.07) is 10.9. The minimum absolute atomic E-state index is 0.0162. The maximum atomic E-state index is 12.4. The molecule has 0 aliphatic carbocycles. The van der Waals surface area contributed by atoms with Gasteiger partial charge in [-0.25, -0.2) is 0 Å². The van der Waals surface area contributed by atoms with Gasteiger partial charge in [0.25, 0.3) is 10.0 Å². The Morgan fingerprint density at radius 2 is 1.76 bits per heavy atom. The lowest BCUT2D eigenvalue weighted by Gasteiger charge is -2.09. The van der Waals surface area contributed by atoms with Crippen LogP contribution >= 0.6 is 0 Å². The van der Waals surface area contributed by atoms with Gasteiger partial charge in [0.1, 0.15) is 5.75 Å². The minimum Gasteiger partial charge on any atom is -0.435 e. The molecule has 0 radical (unpaired) electrons. The number of aryl methyl sites for hydroxylation is 2.